The molecule has 0 bridgehead atoms. The molecule has 2 aromatic rings. The average molecular weight is 384 g/mol. The van der Waals surface area contributed by atoms with Crippen molar-refractivity contribution in [2.75, 3.05) is 0 Å². The van der Waals surface area contributed by atoms with Crippen LogP contribution in [-0.2, 0) is 20.2 Å². The van der Waals surface area contributed by atoms with Crippen LogP contribution in [0.2, 0.25) is 0 Å². The van der Waals surface area contributed by atoms with E-state index in [0.717, 1.165) is 24.3 Å². The number of nitrogens with zero attached hydrogens (tertiary/aromatic N) is 1. The molecule has 1 radical (unpaired) electrons. The molecule has 0 saturated heterocycles. The number of benzene rings is 2. The SMILES string of the molecule is O=C([N]C(=O)c1ccccc1S(=O)(=O)O)c1ccccc1S(=O)(=O)O. The first kappa shape index (κ1) is 18.7. The van der Waals surface area contributed by atoms with Gasteiger partial charge < -0.3 is 0 Å². The van der Waals surface area contributed by atoms with E-state index < -0.39 is 53.0 Å². The summed E-state index contributed by atoms with van der Waals surface area (Å²) in [4.78, 5) is 22.7. The summed E-state index contributed by atoms with van der Waals surface area (Å²) in [6.45, 7) is 0. The molecule has 0 aliphatic carbocycles. The second-order valence-electron chi connectivity index (χ2n) is 4.66. The predicted molar refractivity (Wildman–Crippen MR) is 83.3 cm³/mol. The first-order chi connectivity index (χ1) is 11.5. The lowest BCUT2D eigenvalue weighted by Crippen LogP contribution is -2.26. The van der Waals surface area contributed by atoms with Crippen LogP contribution in [0, 0.1) is 0 Å². The molecular formula is C14H10NO8S2. The third-order valence-electron chi connectivity index (χ3n) is 2.99. The molecule has 2 N–H and O–H groups in total. The van der Waals surface area contributed by atoms with Gasteiger partial charge in [0.2, 0.25) is 0 Å². The van der Waals surface area contributed by atoms with Crippen LogP contribution in [0.25, 0.3) is 0 Å². The summed E-state index contributed by atoms with van der Waals surface area (Å²) in [6, 6.07) is 8.99. The second-order valence-corrected chi connectivity index (χ2v) is 7.44. The fourth-order valence-electron chi connectivity index (χ4n) is 1.95. The summed E-state index contributed by atoms with van der Waals surface area (Å²) in [5.74, 6) is -2.60. The van der Waals surface area contributed by atoms with E-state index in [1.807, 2.05) is 0 Å². The monoisotopic (exact) mass is 384 g/mol. The van der Waals surface area contributed by atoms with Gasteiger partial charge in [0, 0.05) is 0 Å². The molecule has 25 heavy (non-hydrogen) atoms. The highest BCUT2D eigenvalue weighted by Gasteiger charge is 2.26. The molecule has 9 nitrogen and oxygen atoms in total. The van der Waals surface area contributed by atoms with Gasteiger partial charge in [-0.25, -0.2) is 0 Å². The van der Waals surface area contributed by atoms with Gasteiger partial charge in [-0.1, -0.05) is 24.3 Å². The zero-order valence-electron chi connectivity index (χ0n) is 12.2. The van der Waals surface area contributed by atoms with Crippen LogP contribution in [0.1, 0.15) is 20.7 Å². The quantitative estimate of drug-likeness (QED) is 0.578. The number of imide groups is 1. The number of hydrogen-bond acceptors (Lipinski definition) is 6. The normalized spacial score (nSPS) is 11.8. The highest BCUT2D eigenvalue weighted by Crippen LogP contribution is 2.18. The van der Waals surface area contributed by atoms with Crippen molar-refractivity contribution in [3.05, 3.63) is 59.7 Å². The molecule has 11 heteroatoms. The lowest BCUT2D eigenvalue weighted by molar-refractivity contribution is 0.0838. The maximum absolute atomic E-state index is 12.1. The van der Waals surface area contributed by atoms with E-state index in [1.165, 1.54) is 24.3 Å². The Morgan fingerprint density at radius 1 is 0.680 bits per heavy atom. The summed E-state index contributed by atoms with van der Waals surface area (Å²) >= 11 is 0. The molecule has 0 aromatic heterocycles. The van der Waals surface area contributed by atoms with E-state index >= 15 is 0 Å². The first-order valence-electron chi connectivity index (χ1n) is 6.45. The van der Waals surface area contributed by atoms with Gasteiger partial charge in [-0.3, -0.25) is 18.7 Å². The van der Waals surface area contributed by atoms with Crippen molar-refractivity contribution in [3.8, 4) is 0 Å². The molecule has 0 spiro atoms. The molecule has 0 saturated carbocycles. The van der Waals surface area contributed by atoms with Crippen molar-refractivity contribution in [1.29, 1.82) is 0 Å². The maximum atomic E-state index is 12.1. The van der Waals surface area contributed by atoms with Crippen LogP contribution in [0.15, 0.2) is 58.3 Å². The molecule has 2 aromatic carbocycles. The van der Waals surface area contributed by atoms with E-state index in [9.17, 15) is 26.4 Å². The highest BCUT2D eigenvalue weighted by atomic mass is 32.2. The van der Waals surface area contributed by atoms with Gasteiger partial charge in [0.1, 0.15) is 9.79 Å². The van der Waals surface area contributed by atoms with Crippen molar-refractivity contribution >= 4 is 32.1 Å². The number of rotatable bonds is 4. The van der Waals surface area contributed by atoms with Crippen LogP contribution < -0.4 is 5.32 Å². The summed E-state index contributed by atoms with van der Waals surface area (Å²) in [5.41, 5.74) is -1.13. The van der Waals surface area contributed by atoms with Crippen molar-refractivity contribution in [2.45, 2.75) is 9.79 Å². The molecule has 0 unspecified atom stereocenters. The van der Waals surface area contributed by atoms with Crippen molar-refractivity contribution in [2.24, 2.45) is 0 Å². The van der Waals surface area contributed by atoms with Crippen LogP contribution in [0.5, 0.6) is 0 Å². The smallest absolute Gasteiger partial charge is 0.282 e. The fraction of sp³-hybridized carbons (Fsp3) is 0. The van der Waals surface area contributed by atoms with Crippen molar-refractivity contribution < 1.29 is 35.5 Å². The Morgan fingerprint density at radius 2 is 1.00 bits per heavy atom. The Labute approximate surface area is 142 Å². The molecule has 2 rings (SSSR count). The third-order valence-corrected chi connectivity index (χ3v) is 4.82. The van der Waals surface area contributed by atoms with E-state index in [2.05, 4.69) is 5.32 Å². The molecule has 2 amide bonds. The minimum atomic E-state index is -4.74. The molecule has 0 aliphatic rings. The zero-order chi connectivity index (χ0) is 18.8. The second kappa shape index (κ2) is 6.72. The first-order valence-corrected chi connectivity index (χ1v) is 9.33. The van der Waals surface area contributed by atoms with Gasteiger partial charge in [-0.15, -0.1) is 0 Å². The van der Waals surface area contributed by atoms with E-state index in [0.29, 0.717) is 0 Å². The molecule has 131 valence electrons. The lowest BCUT2D eigenvalue weighted by atomic mass is 10.2. The zero-order valence-corrected chi connectivity index (χ0v) is 13.9. The Morgan fingerprint density at radius 3 is 1.32 bits per heavy atom. The Bertz CT molecular complexity index is 972. The van der Waals surface area contributed by atoms with Crippen LogP contribution >= 0.6 is 0 Å². The predicted octanol–water partition coefficient (Wildman–Crippen LogP) is 0.765. The summed E-state index contributed by atoms with van der Waals surface area (Å²) in [5, 5.41) is 3.14. The largest absolute Gasteiger partial charge is 0.295 e. The van der Waals surface area contributed by atoms with Crippen LogP contribution in [0.3, 0.4) is 0 Å². The standard InChI is InChI=1S/C14H10NO8S2/c16-13(9-5-1-3-7-11(9)24(18,19)20)15-14(17)10-6-2-4-8-12(10)25(21,22)23/h1-8H,(H,18,19,20)(H,21,22,23). The van der Waals surface area contributed by atoms with Gasteiger partial charge in [-0.2, -0.15) is 22.2 Å². The van der Waals surface area contributed by atoms with Gasteiger partial charge in [0.05, 0.1) is 11.1 Å². The lowest BCUT2D eigenvalue weighted by Gasteiger charge is -2.07. The highest BCUT2D eigenvalue weighted by molar-refractivity contribution is 7.86. The summed E-state index contributed by atoms with van der Waals surface area (Å²) in [7, 11) is -9.48. The van der Waals surface area contributed by atoms with Crippen LogP contribution in [0.4, 0.5) is 0 Å². The summed E-state index contributed by atoms with van der Waals surface area (Å²) in [6.07, 6.45) is 0. The van der Waals surface area contributed by atoms with Gasteiger partial charge in [0.25, 0.3) is 32.1 Å². The van der Waals surface area contributed by atoms with E-state index in [1.54, 1.807) is 0 Å². The molecule has 0 fully saturated rings. The number of carbonyl (C=O) groups is 2. The Balaban J connectivity index is 2.40. The topological polar surface area (TPSA) is 157 Å². The Kier molecular flexibility index (Phi) is 5.04. The molecular weight excluding hydrogens is 374 g/mol. The van der Waals surface area contributed by atoms with E-state index in [-0.39, 0.29) is 0 Å². The third kappa shape index (κ3) is 4.28. The van der Waals surface area contributed by atoms with Crippen LogP contribution in [-0.4, -0.2) is 37.8 Å². The molecule has 0 heterocycles. The average Bonchev–Trinajstić information content (AvgIpc) is 2.53. The number of hydrogen-bond donors (Lipinski definition) is 2. The maximum Gasteiger partial charge on any atom is 0.295 e. The Hall–Kier alpha value is -2.60. The number of amides is 2. The minimum absolute atomic E-state index is 0.567. The minimum Gasteiger partial charge on any atom is -0.282 e. The van der Waals surface area contributed by atoms with E-state index in [4.69, 9.17) is 9.11 Å². The summed E-state index contributed by atoms with van der Waals surface area (Å²) < 4.78 is 63.3. The van der Waals surface area contributed by atoms with Crippen molar-refractivity contribution in [1.82, 2.24) is 5.32 Å². The molecule has 0 atom stereocenters. The number of carbonyl (C=O) groups excluding carboxylic acids is 2. The van der Waals surface area contributed by atoms with Crippen molar-refractivity contribution in [3.63, 3.8) is 0 Å². The van der Waals surface area contributed by atoms with Gasteiger partial charge >= 0.3 is 0 Å². The fourth-order valence-corrected chi connectivity index (χ4v) is 3.32. The van der Waals surface area contributed by atoms with Gasteiger partial charge in [0.15, 0.2) is 0 Å². The van der Waals surface area contributed by atoms with Gasteiger partial charge in [-0.05, 0) is 24.3 Å². The molecule has 0 aliphatic heterocycles.